The van der Waals surface area contributed by atoms with Crippen LogP contribution in [0.25, 0.3) is 21.8 Å². The first-order valence-corrected chi connectivity index (χ1v) is 14.0. The molecular weight excluding hydrogens is 560 g/mol. The molecule has 3 aromatic heterocycles. The van der Waals surface area contributed by atoms with E-state index in [9.17, 15) is 14.0 Å². The summed E-state index contributed by atoms with van der Waals surface area (Å²) in [6, 6.07) is 11.1. The topological polar surface area (TPSA) is 109 Å². The first-order chi connectivity index (χ1) is 20.0. The van der Waals surface area contributed by atoms with Crippen molar-refractivity contribution >= 4 is 44.8 Å². The van der Waals surface area contributed by atoms with Crippen molar-refractivity contribution < 1.29 is 8.78 Å². The summed E-state index contributed by atoms with van der Waals surface area (Å²) in [4.78, 5) is 4.46. The second-order valence-electron chi connectivity index (χ2n) is 12.0. The van der Waals surface area contributed by atoms with Gasteiger partial charge in [0.15, 0.2) is 0 Å². The fourth-order valence-corrected chi connectivity index (χ4v) is 5.47. The lowest BCUT2D eigenvalue weighted by Crippen LogP contribution is -2.26. The third-order valence-electron chi connectivity index (χ3n) is 7.72. The van der Waals surface area contributed by atoms with Gasteiger partial charge in [0.1, 0.15) is 17.3 Å². The second kappa shape index (κ2) is 10.2. The van der Waals surface area contributed by atoms with Gasteiger partial charge < -0.3 is 10.6 Å². The maximum Gasteiger partial charge on any atom is 0.263 e. The van der Waals surface area contributed by atoms with Crippen molar-refractivity contribution in [1.29, 1.82) is 5.26 Å². The van der Waals surface area contributed by atoms with E-state index in [0.29, 0.717) is 57.9 Å². The molecule has 0 spiro atoms. The Labute approximate surface area is 246 Å². The van der Waals surface area contributed by atoms with Gasteiger partial charge in [-0.1, -0.05) is 49.7 Å². The molecule has 1 aliphatic carbocycles. The van der Waals surface area contributed by atoms with Crippen LogP contribution >= 0.6 is 11.6 Å². The molecule has 1 aliphatic rings. The summed E-state index contributed by atoms with van der Waals surface area (Å²) in [7, 11) is 1.86. The van der Waals surface area contributed by atoms with Crippen molar-refractivity contribution in [2.75, 3.05) is 17.2 Å². The number of nitrogens with zero attached hydrogens (tertiary/aromatic N) is 7. The number of hydrogen-bond acceptors (Lipinski definition) is 7. The van der Waals surface area contributed by atoms with Crippen molar-refractivity contribution in [2.24, 2.45) is 12.5 Å². The van der Waals surface area contributed by atoms with E-state index in [2.05, 4.69) is 57.9 Å². The number of halogens is 3. The largest absolute Gasteiger partial charge is 0.383 e. The highest BCUT2D eigenvalue weighted by Crippen LogP contribution is 2.48. The second-order valence-corrected chi connectivity index (χ2v) is 12.5. The van der Waals surface area contributed by atoms with Crippen molar-refractivity contribution in [3.05, 3.63) is 70.8 Å². The summed E-state index contributed by atoms with van der Waals surface area (Å²) >= 11 is 6.76. The Kier molecular flexibility index (Phi) is 6.77. The van der Waals surface area contributed by atoms with Gasteiger partial charge in [-0.25, -0.2) is 13.5 Å². The predicted molar refractivity (Wildman–Crippen MR) is 159 cm³/mol. The van der Waals surface area contributed by atoms with Crippen molar-refractivity contribution in [2.45, 2.75) is 51.6 Å². The van der Waals surface area contributed by atoms with E-state index in [0.717, 1.165) is 16.5 Å². The van der Waals surface area contributed by atoms with Crippen molar-refractivity contribution in [1.82, 2.24) is 29.8 Å². The van der Waals surface area contributed by atoms with Crippen LogP contribution in [0.4, 0.5) is 20.2 Å². The molecule has 216 valence electrons. The van der Waals surface area contributed by atoms with E-state index in [1.807, 2.05) is 31.3 Å². The van der Waals surface area contributed by atoms with Gasteiger partial charge in [-0.15, -0.1) is 5.10 Å². The lowest BCUT2D eigenvalue weighted by atomic mass is 9.96. The zero-order valence-electron chi connectivity index (χ0n) is 23.7. The van der Waals surface area contributed by atoms with Gasteiger partial charge in [0.05, 0.1) is 45.7 Å². The maximum absolute atomic E-state index is 13.9. The number of alkyl halides is 2. The molecule has 9 nitrogen and oxygen atoms in total. The van der Waals surface area contributed by atoms with Crippen LogP contribution in [-0.4, -0.2) is 42.7 Å². The van der Waals surface area contributed by atoms with E-state index >= 15 is 0 Å². The first kappa shape index (κ1) is 27.8. The summed E-state index contributed by atoms with van der Waals surface area (Å²) in [5, 5.41) is 31.7. The van der Waals surface area contributed by atoms with Gasteiger partial charge in [0.2, 0.25) is 0 Å². The quantitative estimate of drug-likeness (QED) is 0.208. The van der Waals surface area contributed by atoms with Crippen molar-refractivity contribution in [3.63, 3.8) is 0 Å². The van der Waals surface area contributed by atoms with Gasteiger partial charge in [-0.2, -0.15) is 10.4 Å². The molecule has 0 saturated heterocycles. The van der Waals surface area contributed by atoms with E-state index in [1.165, 1.54) is 10.9 Å². The molecule has 0 aliphatic heterocycles. The highest BCUT2D eigenvalue weighted by molar-refractivity contribution is 6.35. The zero-order valence-corrected chi connectivity index (χ0v) is 24.4. The smallest absolute Gasteiger partial charge is 0.263 e. The van der Waals surface area contributed by atoms with Crippen LogP contribution in [-0.2, 0) is 12.6 Å². The Hall–Kier alpha value is -4.30. The number of nitrogens with one attached hydrogen (secondary N) is 2. The fraction of sp³-hybridized carbons (Fsp3) is 0.367. The average molecular weight is 590 g/mol. The highest BCUT2D eigenvalue weighted by atomic mass is 35.5. The van der Waals surface area contributed by atoms with Crippen LogP contribution in [0.15, 0.2) is 48.9 Å². The minimum absolute atomic E-state index is 0.0432. The van der Waals surface area contributed by atoms with Crippen LogP contribution in [0.5, 0.6) is 0 Å². The Bertz CT molecular complexity index is 1840. The van der Waals surface area contributed by atoms with Crippen LogP contribution < -0.4 is 10.6 Å². The Morgan fingerprint density at radius 1 is 1.17 bits per heavy atom. The average Bonchev–Trinajstić information content (AvgIpc) is 3.47. The van der Waals surface area contributed by atoms with E-state index in [-0.39, 0.29) is 5.41 Å². The molecule has 3 heterocycles. The number of aryl methyl sites for hydroxylation is 1. The SMILES string of the molecule is Cn1ncc2c(C(Nc3cc(Cl)c4ncc(C#N)c(NCC(C)(C)C)c4c3)c3cn(C4(C(F)F)CC4)nn3)cccc21. The van der Waals surface area contributed by atoms with Gasteiger partial charge in [0, 0.05) is 36.2 Å². The third kappa shape index (κ3) is 4.90. The number of pyridine rings is 1. The molecule has 5 aromatic rings. The molecule has 0 radical (unpaired) electrons. The molecule has 1 unspecified atom stereocenters. The summed E-state index contributed by atoms with van der Waals surface area (Å²) in [5.74, 6) is 0. The molecule has 12 heteroatoms. The molecule has 2 N–H and O–H groups in total. The highest BCUT2D eigenvalue weighted by Gasteiger charge is 2.54. The molecule has 6 rings (SSSR count). The standard InChI is InChI=1S/C30H30ClF2N9/c1-29(2,3)16-36-25-17(12-34)13-35-26-20(25)10-18(11-22(26)31)38-27(19-6-5-7-24-21(19)14-37-41(24)4)23-15-42(40-39-23)30(8-9-30)28(32)33/h5-7,10-11,13-15,27-28,38H,8-9,16H2,1-4H3,(H,35,36). The molecular formula is C30H30ClF2N9. The Balaban J connectivity index is 1.48. The van der Waals surface area contributed by atoms with Crippen LogP contribution in [0.3, 0.4) is 0 Å². The minimum Gasteiger partial charge on any atom is -0.383 e. The normalized spacial score (nSPS) is 15.2. The lowest BCUT2D eigenvalue weighted by Gasteiger charge is -2.22. The Morgan fingerprint density at radius 2 is 1.95 bits per heavy atom. The summed E-state index contributed by atoms with van der Waals surface area (Å²) in [5.41, 5.74) is 3.12. The van der Waals surface area contributed by atoms with E-state index < -0.39 is 18.0 Å². The number of benzene rings is 2. The number of aromatic nitrogens is 6. The van der Waals surface area contributed by atoms with Gasteiger partial charge >= 0.3 is 0 Å². The number of anilines is 2. The predicted octanol–water partition coefficient (Wildman–Crippen LogP) is 6.65. The summed E-state index contributed by atoms with van der Waals surface area (Å²) in [6.07, 6.45) is 3.05. The van der Waals surface area contributed by atoms with Crippen LogP contribution in [0.2, 0.25) is 5.02 Å². The summed E-state index contributed by atoms with van der Waals surface area (Å²) in [6.45, 7) is 6.93. The molecule has 2 aromatic carbocycles. The van der Waals surface area contributed by atoms with E-state index in [4.69, 9.17) is 11.6 Å². The number of fused-ring (bicyclic) bond motifs is 2. The van der Waals surface area contributed by atoms with Crippen LogP contribution in [0, 0.1) is 16.7 Å². The molecule has 1 fully saturated rings. The molecule has 0 bridgehead atoms. The zero-order chi connectivity index (χ0) is 29.8. The van der Waals surface area contributed by atoms with Crippen molar-refractivity contribution in [3.8, 4) is 6.07 Å². The fourth-order valence-electron chi connectivity index (χ4n) is 5.20. The van der Waals surface area contributed by atoms with Crippen LogP contribution in [0.1, 0.15) is 56.5 Å². The molecule has 1 atom stereocenters. The minimum atomic E-state index is -2.54. The molecule has 42 heavy (non-hydrogen) atoms. The third-order valence-corrected chi connectivity index (χ3v) is 8.01. The number of hydrogen-bond donors (Lipinski definition) is 2. The lowest BCUT2D eigenvalue weighted by molar-refractivity contribution is 0.0593. The monoisotopic (exact) mass is 589 g/mol. The number of rotatable bonds is 8. The van der Waals surface area contributed by atoms with Gasteiger partial charge in [0.25, 0.3) is 6.43 Å². The molecule has 1 saturated carbocycles. The molecule has 0 amide bonds. The Morgan fingerprint density at radius 3 is 2.64 bits per heavy atom. The van der Waals surface area contributed by atoms with E-state index in [1.54, 1.807) is 23.1 Å². The first-order valence-electron chi connectivity index (χ1n) is 13.6. The summed E-state index contributed by atoms with van der Waals surface area (Å²) < 4.78 is 30.9. The number of nitriles is 1. The van der Waals surface area contributed by atoms with Gasteiger partial charge in [-0.05, 0) is 42.0 Å². The maximum atomic E-state index is 13.9. The van der Waals surface area contributed by atoms with Gasteiger partial charge in [-0.3, -0.25) is 9.67 Å².